The Morgan fingerprint density at radius 3 is 1.97 bits per heavy atom. The van der Waals surface area contributed by atoms with Gasteiger partial charge in [0.1, 0.15) is 0 Å². The Balaban J connectivity index is 4.59. The molecule has 7 atom stereocenters. The first-order valence-corrected chi connectivity index (χ1v) is 13.2. The van der Waals surface area contributed by atoms with Gasteiger partial charge < -0.3 is 0 Å². The summed E-state index contributed by atoms with van der Waals surface area (Å²) < 4.78 is 0. The average molecular weight is 441 g/mol. The molecule has 0 aliphatic heterocycles. The van der Waals surface area contributed by atoms with Gasteiger partial charge in [-0.3, -0.25) is 0 Å². The molecule has 0 aromatic heterocycles. The molecule has 0 N–H and O–H groups in total. The number of hydrogen-bond donors (Lipinski definition) is 0. The van der Waals surface area contributed by atoms with Gasteiger partial charge in [-0.15, -0.1) is 0 Å². The third kappa shape index (κ3) is 12.1. The molecule has 0 heteroatoms. The van der Waals surface area contributed by atoms with E-state index in [2.05, 4.69) is 119 Å². The highest BCUT2D eigenvalue weighted by Gasteiger charge is 2.23. The summed E-state index contributed by atoms with van der Waals surface area (Å²) in [4.78, 5) is 0. The highest BCUT2D eigenvalue weighted by molar-refractivity contribution is 5.20. The largest absolute Gasteiger partial charge is 0.0999 e. The lowest BCUT2D eigenvalue weighted by molar-refractivity contribution is 0.212. The van der Waals surface area contributed by atoms with E-state index in [1.165, 1.54) is 36.0 Å². The summed E-state index contributed by atoms with van der Waals surface area (Å²) >= 11 is 0. The first kappa shape index (κ1) is 30.7. The number of allylic oxidation sites excluding steroid dienone is 9. The average Bonchev–Trinajstić information content (AvgIpc) is 2.71. The monoisotopic (exact) mass is 440 g/mol. The van der Waals surface area contributed by atoms with Crippen LogP contribution in [0.1, 0.15) is 102 Å². The van der Waals surface area contributed by atoms with Gasteiger partial charge in [0, 0.05) is 0 Å². The van der Waals surface area contributed by atoms with Crippen LogP contribution in [0.15, 0.2) is 59.8 Å². The Kier molecular flexibility index (Phi) is 15.7. The van der Waals surface area contributed by atoms with Gasteiger partial charge in [-0.05, 0) is 94.8 Å². The highest BCUT2D eigenvalue weighted by Crippen LogP contribution is 2.32. The zero-order chi connectivity index (χ0) is 24.8. The summed E-state index contributed by atoms with van der Waals surface area (Å²) in [6, 6.07) is 0. The van der Waals surface area contributed by atoms with Crippen LogP contribution >= 0.6 is 0 Å². The van der Waals surface area contributed by atoms with E-state index >= 15 is 0 Å². The van der Waals surface area contributed by atoms with Crippen molar-refractivity contribution in [1.29, 1.82) is 0 Å². The van der Waals surface area contributed by atoms with Crippen LogP contribution < -0.4 is 0 Å². The van der Waals surface area contributed by atoms with Crippen molar-refractivity contribution in [2.45, 2.75) is 102 Å². The molecule has 0 bridgehead atoms. The Bertz CT molecular complexity index is 641. The standard InChI is InChI=1S/C32H56/c1-13-24(5)20-26(7)22-28(9)31(12)30(11)27(8)19-17-15-16-18-25(6)21-29(10)32(14-2)23(3)4/h13,15-18,20,25,27-32H,3,14,19,21-22H2,1-2,4-12H3. The van der Waals surface area contributed by atoms with Gasteiger partial charge in [0.25, 0.3) is 0 Å². The van der Waals surface area contributed by atoms with Gasteiger partial charge in [-0.25, -0.2) is 0 Å². The molecule has 0 aliphatic carbocycles. The van der Waals surface area contributed by atoms with E-state index in [-0.39, 0.29) is 0 Å². The molecule has 0 spiro atoms. The predicted octanol–water partition coefficient (Wildman–Crippen LogP) is 10.6. The zero-order valence-electron chi connectivity index (χ0n) is 23.5. The van der Waals surface area contributed by atoms with Crippen molar-refractivity contribution >= 4 is 0 Å². The minimum Gasteiger partial charge on any atom is -0.0999 e. The zero-order valence-corrected chi connectivity index (χ0v) is 23.5. The molecule has 0 amide bonds. The van der Waals surface area contributed by atoms with Crippen LogP contribution in [0.25, 0.3) is 0 Å². The number of hydrogen-bond acceptors (Lipinski definition) is 0. The molecule has 7 unspecified atom stereocenters. The minimum absolute atomic E-state index is 0.614. The van der Waals surface area contributed by atoms with Crippen molar-refractivity contribution in [3.8, 4) is 0 Å². The molecule has 0 saturated carbocycles. The predicted molar refractivity (Wildman–Crippen MR) is 149 cm³/mol. The summed E-state index contributed by atoms with van der Waals surface area (Å²) in [5.41, 5.74) is 4.20. The number of rotatable bonds is 15. The fourth-order valence-corrected chi connectivity index (χ4v) is 5.17. The van der Waals surface area contributed by atoms with Gasteiger partial charge >= 0.3 is 0 Å². The molecule has 32 heavy (non-hydrogen) atoms. The fourth-order valence-electron chi connectivity index (χ4n) is 5.17. The SMILES string of the molecule is C=C(C)C(CC)C(C)CC(C)C=CC=CCC(C)C(C)C(C)C(C)CC(C)=CC(C)=CC. The Morgan fingerprint density at radius 2 is 1.44 bits per heavy atom. The summed E-state index contributed by atoms with van der Waals surface area (Å²) in [6.45, 7) is 29.7. The van der Waals surface area contributed by atoms with Crippen LogP contribution in [0.2, 0.25) is 0 Å². The molecular weight excluding hydrogens is 384 g/mol. The molecule has 0 fully saturated rings. The molecule has 0 aromatic carbocycles. The summed E-state index contributed by atoms with van der Waals surface area (Å²) in [7, 11) is 0. The van der Waals surface area contributed by atoms with Gasteiger partial charge in [-0.1, -0.05) is 108 Å². The van der Waals surface area contributed by atoms with Crippen molar-refractivity contribution in [3.63, 3.8) is 0 Å². The van der Waals surface area contributed by atoms with E-state index in [0.29, 0.717) is 29.6 Å². The highest BCUT2D eigenvalue weighted by atomic mass is 14.3. The van der Waals surface area contributed by atoms with Crippen molar-refractivity contribution < 1.29 is 0 Å². The maximum absolute atomic E-state index is 4.19. The van der Waals surface area contributed by atoms with Crippen molar-refractivity contribution in [1.82, 2.24) is 0 Å². The van der Waals surface area contributed by atoms with Crippen molar-refractivity contribution in [2.75, 3.05) is 0 Å². The van der Waals surface area contributed by atoms with Crippen LogP contribution in [-0.2, 0) is 0 Å². The molecule has 0 saturated heterocycles. The summed E-state index contributed by atoms with van der Waals surface area (Å²) in [5, 5.41) is 0. The Labute approximate surface area is 203 Å². The van der Waals surface area contributed by atoms with E-state index in [1.54, 1.807) is 0 Å². The molecule has 0 aliphatic rings. The van der Waals surface area contributed by atoms with Gasteiger partial charge in [-0.2, -0.15) is 0 Å². The van der Waals surface area contributed by atoms with E-state index in [9.17, 15) is 0 Å². The first-order valence-electron chi connectivity index (χ1n) is 13.2. The van der Waals surface area contributed by atoms with E-state index in [0.717, 1.165) is 18.3 Å². The van der Waals surface area contributed by atoms with Crippen molar-refractivity contribution in [2.24, 2.45) is 41.4 Å². The van der Waals surface area contributed by atoms with E-state index in [1.807, 2.05) is 0 Å². The van der Waals surface area contributed by atoms with Crippen LogP contribution in [-0.4, -0.2) is 0 Å². The maximum Gasteiger partial charge on any atom is -0.0185 e. The second kappa shape index (κ2) is 16.3. The molecule has 184 valence electrons. The summed E-state index contributed by atoms with van der Waals surface area (Å²) in [6.07, 6.45) is 18.6. The molecular formula is C32H56. The van der Waals surface area contributed by atoms with Crippen LogP contribution in [0, 0.1) is 41.4 Å². The van der Waals surface area contributed by atoms with Crippen LogP contribution in [0.4, 0.5) is 0 Å². The van der Waals surface area contributed by atoms with Gasteiger partial charge in [0.05, 0.1) is 0 Å². The van der Waals surface area contributed by atoms with Crippen LogP contribution in [0.3, 0.4) is 0 Å². The van der Waals surface area contributed by atoms with E-state index < -0.39 is 0 Å². The van der Waals surface area contributed by atoms with Gasteiger partial charge in [0.15, 0.2) is 0 Å². The smallest absolute Gasteiger partial charge is 0.0185 e. The Hall–Kier alpha value is -1.30. The second-order valence-corrected chi connectivity index (χ2v) is 11.0. The lowest BCUT2D eigenvalue weighted by Crippen LogP contribution is -2.22. The topological polar surface area (TPSA) is 0 Å². The fraction of sp³-hybridized carbons (Fsp3) is 0.688. The lowest BCUT2D eigenvalue weighted by Gasteiger charge is -2.30. The third-order valence-corrected chi connectivity index (χ3v) is 7.90. The second-order valence-electron chi connectivity index (χ2n) is 11.0. The first-order chi connectivity index (χ1) is 14.9. The summed E-state index contributed by atoms with van der Waals surface area (Å²) in [5.74, 6) is 4.84. The molecule has 0 radical (unpaired) electrons. The minimum atomic E-state index is 0.614. The normalized spacial score (nSPS) is 20.2. The lowest BCUT2D eigenvalue weighted by atomic mass is 9.75. The third-order valence-electron chi connectivity index (χ3n) is 7.90. The van der Waals surface area contributed by atoms with Gasteiger partial charge in [0.2, 0.25) is 0 Å². The Morgan fingerprint density at radius 1 is 0.844 bits per heavy atom. The molecule has 0 nitrogen and oxygen atoms in total. The van der Waals surface area contributed by atoms with Crippen molar-refractivity contribution in [3.05, 3.63) is 59.8 Å². The maximum atomic E-state index is 4.19. The molecule has 0 heterocycles. The quantitative estimate of drug-likeness (QED) is 0.175. The molecule has 0 rings (SSSR count). The van der Waals surface area contributed by atoms with Crippen LogP contribution in [0.5, 0.6) is 0 Å². The molecule has 0 aromatic rings. The van der Waals surface area contributed by atoms with E-state index in [4.69, 9.17) is 0 Å².